The summed E-state index contributed by atoms with van der Waals surface area (Å²) in [6, 6.07) is 8.03. The van der Waals surface area contributed by atoms with Gasteiger partial charge in [-0.05, 0) is 45.2 Å². The molecule has 130 valence electrons. The topological polar surface area (TPSA) is 59.7 Å². The van der Waals surface area contributed by atoms with Crippen LogP contribution in [0.15, 0.2) is 24.3 Å². The maximum atomic E-state index is 4.80. The highest BCUT2D eigenvalue weighted by molar-refractivity contribution is 5.74. The van der Waals surface area contributed by atoms with Crippen molar-refractivity contribution in [3.05, 3.63) is 41.5 Å². The molecule has 1 aliphatic rings. The summed E-state index contributed by atoms with van der Waals surface area (Å²) in [6.45, 7) is 7.14. The van der Waals surface area contributed by atoms with E-state index in [2.05, 4.69) is 16.8 Å². The SMILES string of the molecule is CCn1nc(N2CCCC2)nc1CCc1nc2ccccc2nc1C. The summed E-state index contributed by atoms with van der Waals surface area (Å²) in [5.74, 6) is 1.93. The van der Waals surface area contributed by atoms with Crippen molar-refractivity contribution in [2.75, 3.05) is 18.0 Å². The molecule has 0 amide bonds. The Labute approximate surface area is 147 Å². The van der Waals surface area contributed by atoms with Crippen LogP contribution in [0.5, 0.6) is 0 Å². The van der Waals surface area contributed by atoms with E-state index in [0.29, 0.717) is 0 Å². The molecule has 0 aliphatic carbocycles. The Balaban J connectivity index is 1.55. The summed E-state index contributed by atoms with van der Waals surface area (Å²) >= 11 is 0. The molecular weight excluding hydrogens is 312 g/mol. The van der Waals surface area contributed by atoms with E-state index in [1.807, 2.05) is 35.9 Å². The van der Waals surface area contributed by atoms with Gasteiger partial charge in [0.15, 0.2) is 0 Å². The normalized spacial score (nSPS) is 14.6. The summed E-state index contributed by atoms with van der Waals surface area (Å²) in [6.07, 6.45) is 4.15. The predicted octanol–water partition coefficient (Wildman–Crippen LogP) is 2.94. The highest BCUT2D eigenvalue weighted by Gasteiger charge is 2.19. The molecule has 1 saturated heterocycles. The zero-order valence-corrected chi connectivity index (χ0v) is 14.9. The Morgan fingerprint density at radius 2 is 1.68 bits per heavy atom. The molecule has 0 N–H and O–H groups in total. The Kier molecular flexibility index (Phi) is 4.34. The van der Waals surface area contributed by atoms with E-state index in [0.717, 1.165) is 66.7 Å². The molecular formula is C19H24N6. The van der Waals surface area contributed by atoms with Crippen LogP contribution in [0.4, 0.5) is 5.95 Å². The van der Waals surface area contributed by atoms with Crippen LogP contribution in [0.1, 0.15) is 37.0 Å². The van der Waals surface area contributed by atoms with Crippen molar-refractivity contribution >= 4 is 17.0 Å². The molecule has 4 rings (SSSR count). The fourth-order valence-corrected chi connectivity index (χ4v) is 3.44. The number of para-hydroxylation sites is 2. The first-order chi connectivity index (χ1) is 12.2. The van der Waals surface area contributed by atoms with Crippen LogP contribution in [0, 0.1) is 6.92 Å². The number of anilines is 1. The van der Waals surface area contributed by atoms with E-state index < -0.39 is 0 Å². The maximum Gasteiger partial charge on any atom is 0.244 e. The summed E-state index contributed by atoms with van der Waals surface area (Å²) in [5, 5.41) is 4.69. The number of rotatable bonds is 5. The first-order valence-corrected chi connectivity index (χ1v) is 9.15. The van der Waals surface area contributed by atoms with Gasteiger partial charge in [0.1, 0.15) is 5.82 Å². The van der Waals surface area contributed by atoms with Crippen molar-refractivity contribution < 1.29 is 0 Å². The van der Waals surface area contributed by atoms with Crippen LogP contribution >= 0.6 is 0 Å². The van der Waals surface area contributed by atoms with Gasteiger partial charge in [-0.1, -0.05) is 12.1 Å². The molecule has 0 atom stereocenters. The van der Waals surface area contributed by atoms with Gasteiger partial charge in [0.05, 0.1) is 22.4 Å². The van der Waals surface area contributed by atoms with Crippen LogP contribution in [-0.2, 0) is 19.4 Å². The molecule has 0 spiro atoms. The lowest BCUT2D eigenvalue weighted by molar-refractivity contribution is 0.608. The van der Waals surface area contributed by atoms with Gasteiger partial charge >= 0.3 is 0 Å². The Morgan fingerprint density at radius 1 is 0.960 bits per heavy atom. The molecule has 3 aromatic rings. The van der Waals surface area contributed by atoms with Gasteiger partial charge in [-0.25, -0.2) is 14.6 Å². The molecule has 0 bridgehead atoms. The lowest BCUT2D eigenvalue weighted by Crippen LogP contribution is -2.19. The van der Waals surface area contributed by atoms with E-state index in [1.54, 1.807) is 0 Å². The van der Waals surface area contributed by atoms with E-state index in [9.17, 15) is 0 Å². The van der Waals surface area contributed by atoms with Gasteiger partial charge in [0.25, 0.3) is 0 Å². The van der Waals surface area contributed by atoms with Crippen molar-refractivity contribution in [1.29, 1.82) is 0 Å². The van der Waals surface area contributed by atoms with Crippen LogP contribution in [0.2, 0.25) is 0 Å². The molecule has 1 fully saturated rings. The standard InChI is InChI=1S/C19H24N6/c1-3-25-18(22-19(23-25)24-12-6-7-13-24)11-10-15-14(2)20-16-8-4-5-9-17(16)21-15/h4-5,8-9H,3,6-7,10-13H2,1-2H3. The number of nitrogens with zero attached hydrogens (tertiary/aromatic N) is 6. The minimum atomic E-state index is 0.835. The Hall–Kier alpha value is -2.50. The molecule has 0 radical (unpaired) electrons. The zero-order chi connectivity index (χ0) is 17.2. The van der Waals surface area contributed by atoms with Crippen LogP contribution < -0.4 is 4.90 Å². The highest BCUT2D eigenvalue weighted by atomic mass is 15.4. The van der Waals surface area contributed by atoms with Crippen molar-refractivity contribution in [2.24, 2.45) is 0 Å². The van der Waals surface area contributed by atoms with Crippen LogP contribution in [0.3, 0.4) is 0 Å². The molecule has 0 unspecified atom stereocenters. The Bertz CT molecular complexity index is 879. The molecule has 3 heterocycles. The lowest BCUT2D eigenvalue weighted by atomic mass is 10.1. The lowest BCUT2D eigenvalue weighted by Gasteiger charge is -2.10. The molecule has 2 aromatic heterocycles. The Morgan fingerprint density at radius 3 is 2.40 bits per heavy atom. The smallest absolute Gasteiger partial charge is 0.244 e. The molecule has 25 heavy (non-hydrogen) atoms. The van der Waals surface area contributed by atoms with Gasteiger partial charge in [0.2, 0.25) is 5.95 Å². The second kappa shape index (κ2) is 6.78. The van der Waals surface area contributed by atoms with E-state index in [-0.39, 0.29) is 0 Å². The van der Waals surface area contributed by atoms with Crippen LogP contribution in [0.25, 0.3) is 11.0 Å². The van der Waals surface area contributed by atoms with Gasteiger partial charge in [-0.3, -0.25) is 0 Å². The third-order valence-electron chi connectivity index (χ3n) is 4.85. The molecule has 0 saturated carbocycles. The van der Waals surface area contributed by atoms with Crippen molar-refractivity contribution in [3.63, 3.8) is 0 Å². The van der Waals surface area contributed by atoms with Crippen molar-refractivity contribution in [3.8, 4) is 0 Å². The number of aromatic nitrogens is 5. The largest absolute Gasteiger partial charge is 0.340 e. The number of fused-ring (bicyclic) bond motifs is 1. The zero-order valence-electron chi connectivity index (χ0n) is 14.9. The second-order valence-electron chi connectivity index (χ2n) is 6.58. The van der Waals surface area contributed by atoms with E-state index in [1.165, 1.54) is 12.8 Å². The monoisotopic (exact) mass is 336 g/mol. The minimum Gasteiger partial charge on any atom is -0.340 e. The molecule has 1 aliphatic heterocycles. The fraction of sp³-hybridized carbons (Fsp3) is 0.474. The summed E-state index contributed by atoms with van der Waals surface area (Å²) in [4.78, 5) is 16.6. The summed E-state index contributed by atoms with van der Waals surface area (Å²) in [7, 11) is 0. The van der Waals surface area contributed by atoms with Gasteiger partial charge in [0, 0.05) is 26.1 Å². The third-order valence-corrected chi connectivity index (χ3v) is 4.85. The number of benzene rings is 1. The first-order valence-electron chi connectivity index (χ1n) is 9.15. The van der Waals surface area contributed by atoms with Gasteiger partial charge in [-0.15, -0.1) is 5.10 Å². The van der Waals surface area contributed by atoms with Crippen LogP contribution in [-0.4, -0.2) is 37.8 Å². The van der Waals surface area contributed by atoms with Gasteiger partial charge in [-0.2, -0.15) is 4.98 Å². The summed E-state index contributed by atoms with van der Waals surface area (Å²) < 4.78 is 2.03. The maximum absolute atomic E-state index is 4.80. The summed E-state index contributed by atoms with van der Waals surface area (Å²) in [5.41, 5.74) is 3.96. The average Bonchev–Trinajstić information content (AvgIpc) is 3.29. The highest BCUT2D eigenvalue weighted by Crippen LogP contribution is 2.18. The average molecular weight is 336 g/mol. The number of hydrogen-bond acceptors (Lipinski definition) is 5. The van der Waals surface area contributed by atoms with Crippen molar-refractivity contribution in [1.82, 2.24) is 24.7 Å². The molecule has 6 nitrogen and oxygen atoms in total. The van der Waals surface area contributed by atoms with E-state index in [4.69, 9.17) is 15.1 Å². The van der Waals surface area contributed by atoms with Gasteiger partial charge < -0.3 is 4.90 Å². The number of aryl methyl sites for hydroxylation is 4. The fourth-order valence-electron chi connectivity index (χ4n) is 3.44. The second-order valence-corrected chi connectivity index (χ2v) is 6.58. The molecule has 6 heteroatoms. The predicted molar refractivity (Wildman–Crippen MR) is 98.8 cm³/mol. The number of hydrogen-bond donors (Lipinski definition) is 0. The third kappa shape index (κ3) is 3.21. The quantitative estimate of drug-likeness (QED) is 0.717. The van der Waals surface area contributed by atoms with Crippen molar-refractivity contribution in [2.45, 2.75) is 46.1 Å². The minimum absolute atomic E-state index is 0.835. The molecule has 1 aromatic carbocycles. The van der Waals surface area contributed by atoms with E-state index >= 15 is 0 Å². The first kappa shape index (κ1) is 16.0.